The lowest BCUT2D eigenvalue weighted by atomic mass is 9.89. The number of amides is 2. The standard InChI is InChI=1S/C17H21N3O3S2/c1-3-25(22)12-6-4-5-10-9(12)7-8-11-13(15(18)23-2)16(20-17(19)21)24-14(10)11/h4-6,15H,3,7-8,18H2,1-2H3,(H3,19,20,21). The molecule has 0 radical (unpaired) electrons. The van der Waals surface area contributed by atoms with Gasteiger partial charge in [0, 0.05) is 28.2 Å². The Morgan fingerprint density at radius 3 is 2.76 bits per heavy atom. The van der Waals surface area contributed by atoms with E-state index in [2.05, 4.69) is 5.32 Å². The van der Waals surface area contributed by atoms with E-state index in [1.54, 1.807) is 0 Å². The molecule has 2 aromatic rings. The highest BCUT2D eigenvalue weighted by molar-refractivity contribution is 7.85. The first kappa shape index (κ1) is 18.1. The van der Waals surface area contributed by atoms with Crippen LogP contribution in [0.5, 0.6) is 0 Å². The van der Waals surface area contributed by atoms with Crippen molar-refractivity contribution >= 4 is 33.2 Å². The summed E-state index contributed by atoms with van der Waals surface area (Å²) in [6.45, 7) is 1.92. The monoisotopic (exact) mass is 379 g/mol. The van der Waals surface area contributed by atoms with Gasteiger partial charge in [0.1, 0.15) is 11.2 Å². The van der Waals surface area contributed by atoms with Gasteiger partial charge in [-0.25, -0.2) is 4.79 Å². The molecule has 0 bridgehead atoms. The molecular formula is C17H21N3O3S2. The Bertz CT molecular complexity index is 848. The van der Waals surface area contributed by atoms with Gasteiger partial charge in [-0.2, -0.15) is 0 Å². The van der Waals surface area contributed by atoms with Gasteiger partial charge in [-0.15, -0.1) is 11.3 Å². The minimum absolute atomic E-state index is 0.585. The zero-order valence-electron chi connectivity index (χ0n) is 14.1. The van der Waals surface area contributed by atoms with E-state index >= 15 is 0 Å². The number of carbonyl (C=O) groups excluding carboxylic acids is 1. The summed E-state index contributed by atoms with van der Waals surface area (Å²) >= 11 is 1.43. The van der Waals surface area contributed by atoms with Gasteiger partial charge in [-0.1, -0.05) is 19.1 Å². The largest absolute Gasteiger partial charge is 0.362 e. The van der Waals surface area contributed by atoms with Crippen LogP contribution in [0.25, 0.3) is 10.4 Å². The third-order valence-corrected chi connectivity index (χ3v) is 6.93. The number of rotatable bonds is 5. The van der Waals surface area contributed by atoms with Crippen molar-refractivity contribution in [2.24, 2.45) is 11.5 Å². The van der Waals surface area contributed by atoms with Crippen molar-refractivity contribution in [1.29, 1.82) is 0 Å². The molecule has 3 rings (SSSR count). The van der Waals surface area contributed by atoms with Crippen LogP contribution in [-0.4, -0.2) is 23.1 Å². The quantitative estimate of drug-likeness (QED) is 0.694. The molecule has 1 aromatic heterocycles. The molecule has 1 aliphatic carbocycles. The molecule has 5 N–H and O–H groups in total. The topological polar surface area (TPSA) is 107 Å². The van der Waals surface area contributed by atoms with E-state index in [4.69, 9.17) is 16.2 Å². The Morgan fingerprint density at radius 2 is 2.12 bits per heavy atom. The molecule has 2 unspecified atom stereocenters. The molecule has 0 saturated carbocycles. The minimum Gasteiger partial charge on any atom is -0.362 e. The van der Waals surface area contributed by atoms with Crippen molar-refractivity contribution in [2.45, 2.75) is 30.9 Å². The van der Waals surface area contributed by atoms with E-state index < -0.39 is 23.1 Å². The molecule has 0 aliphatic heterocycles. The molecule has 6 nitrogen and oxygen atoms in total. The first-order chi connectivity index (χ1) is 12.0. The van der Waals surface area contributed by atoms with Crippen molar-refractivity contribution in [3.63, 3.8) is 0 Å². The average molecular weight is 380 g/mol. The summed E-state index contributed by atoms with van der Waals surface area (Å²) in [5.74, 6) is 0.585. The number of benzene rings is 1. The Balaban J connectivity index is 2.19. The summed E-state index contributed by atoms with van der Waals surface area (Å²) < 4.78 is 17.7. The molecule has 25 heavy (non-hydrogen) atoms. The van der Waals surface area contributed by atoms with Crippen LogP contribution in [0, 0.1) is 0 Å². The Hall–Kier alpha value is -1.74. The molecule has 1 aromatic carbocycles. The number of urea groups is 1. The van der Waals surface area contributed by atoms with Crippen molar-refractivity contribution in [3.8, 4) is 10.4 Å². The summed E-state index contributed by atoms with van der Waals surface area (Å²) in [5.41, 5.74) is 15.4. The molecule has 1 aliphatic rings. The van der Waals surface area contributed by atoms with E-state index in [1.165, 1.54) is 18.4 Å². The fourth-order valence-electron chi connectivity index (χ4n) is 3.22. The second-order valence-electron chi connectivity index (χ2n) is 5.71. The predicted molar refractivity (Wildman–Crippen MR) is 101 cm³/mol. The van der Waals surface area contributed by atoms with Crippen LogP contribution in [0.2, 0.25) is 0 Å². The number of ether oxygens (including phenoxy) is 1. The van der Waals surface area contributed by atoms with Crippen molar-refractivity contribution in [3.05, 3.63) is 34.9 Å². The van der Waals surface area contributed by atoms with Crippen LogP contribution in [0.4, 0.5) is 9.80 Å². The van der Waals surface area contributed by atoms with Crippen LogP contribution >= 0.6 is 11.3 Å². The number of hydrogen-bond donors (Lipinski definition) is 3. The number of methoxy groups -OCH3 is 1. The molecule has 0 spiro atoms. The predicted octanol–water partition coefficient (Wildman–Crippen LogP) is 2.74. The number of thiophene rings is 1. The SMILES string of the molecule is CCS(=O)c1cccc2c1CCc1c-2sc(NC(N)=O)c1C(N)OC. The number of fused-ring (bicyclic) bond motifs is 3. The van der Waals surface area contributed by atoms with E-state index in [9.17, 15) is 9.00 Å². The molecule has 1 heterocycles. The maximum Gasteiger partial charge on any atom is 0.317 e. The Kier molecular flexibility index (Phi) is 5.24. The van der Waals surface area contributed by atoms with Crippen LogP contribution in [0.1, 0.15) is 29.8 Å². The van der Waals surface area contributed by atoms with Gasteiger partial charge in [0.2, 0.25) is 0 Å². The smallest absolute Gasteiger partial charge is 0.317 e. The highest BCUT2D eigenvalue weighted by Gasteiger charge is 2.29. The van der Waals surface area contributed by atoms with Crippen molar-refractivity contribution < 1.29 is 13.7 Å². The summed E-state index contributed by atoms with van der Waals surface area (Å²) in [5, 5.41) is 3.28. The van der Waals surface area contributed by atoms with Gasteiger partial charge < -0.3 is 16.2 Å². The maximum absolute atomic E-state index is 12.4. The summed E-state index contributed by atoms with van der Waals surface area (Å²) in [6.07, 6.45) is 0.890. The van der Waals surface area contributed by atoms with E-state index in [0.29, 0.717) is 10.8 Å². The maximum atomic E-state index is 12.4. The van der Waals surface area contributed by atoms with Crippen LogP contribution in [-0.2, 0) is 28.4 Å². The fourth-order valence-corrected chi connectivity index (χ4v) is 5.59. The number of carbonyl (C=O) groups is 1. The lowest BCUT2D eigenvalue weighted by Crippen LogP contribution is -2.22. The highest BCUT2D eigenvalue weighted by atomic mass is 32.2. The van der Waals surface area contributed by atoms with E-state index in [0.717, 1.165) is 44.9 Å². The summed E-state index contributed by atoms with van der Waals surface area (Å²) in [4.78, 5) is 13.3. The lowest BCUT2D eigenvalue weighted by molar-refractivity contribution is 0.109. The van der Waals surface area contributed by atoms with Crippen LogP contribution in [0.3, 0.4) is 0 Å². The van der Waals surface area contributed by atoms with E-state index in [-0.39, 0.29) is 0 Å². The van der Waals surface area contributed by atoms with E-state index in [1.807, 2.05) is 25.1 Å². The molecule has 2 amide bonds. The summed E-state index contributed by atoms with van der Waals surface area (Å²) in [7, 11) is 0.521. The molecule has 134 valence electrons. The average Bonchev–Trinajstić information content (AvgIpc) is 2.97. The third kappa shape index (κ3) is 3.22. The molecule has 8 heteroatoms. The number of nitrogens with two attached hydrogens (primary N) is 2. The van der Waals surface area contributed by atoms with Gasteiger partial charge in [0.05, 0.1) is 10.8 Å². The Morgan fingerprint density at radius 1 is 1.40 bits per heavy atom. The molecule has 2 atom stereocenters. The Labute approximate surface area is 153 Å². The second-order valence-corrected chi connectivity index (χ2v) is 8.44. The van der Waals surface area contributed by atoms with Crippen LogP contribution < -0.4 is 16.8 Å². The van der Waals surface area contributed by atoms with Crippen molar-refractivity contribution in [1.82, 2.24) is 0 Å². The number of anilines is 1. The minimum atomic E-state index is -1.01. The third-order valence-electron chi connectivity index (χ3n) is 4.33. The second kappa shape index (κ2) is 7.25. The van der Waals surface area contributed by atoms with Crippen LogP contribution in [0.15, 0.2) is 23.1 Å². The van der Waals surface area contributed by atoms with Crippen molar-refractivity contribution in [2.75, 3.05) is 18.2 Å². The highest BCUT2D eigenvalue weighted by Crippen LogP contribution is 2.47. The lowest BCUT2D eigenvalue weighted by Gasteiger charge is -2.21. The van der Waals surface area contributed by atoms with Gasteiger partial charge in [0.15, 0.2) is 0 Å². The molecular weight excluding hydrogens is 358 g/mol. The van der Waals surface area contributed by atoms with Gasteiger partial charge in [0.25, 0.3) is 0 Å². The zero-order valence-corrected chi connectivity index (χ0v) is 15.8. The zero-order chi connectivity index (χ0) is 18.1. The van der Waals surface area contributed by atoms with Gasteiger partial charge >= 0.3 is 6.03 Å². The number of hydrogen-bond acceptors (Lipinski definition) is 5. The molecule has 0 fully saturated rings. The first-order valence-corrected chi connectivity index (χ1v) is 10.1. The fraction of sp³-hybridized carbons (Fsp3) is 0.353. The van der Waals surface area contributed by atoms with Gasteiger partial charge in [-0.3, -0.25) is 9.53 Å². The van der Waals surface area contributed by atoms with Gasteiger partial charge in [-0.05, 0) is 35.6 Å². The number of primary amides is 1. The molecule has 0 saturated heterocycles. The first-order valence-electron chi connectivity index (χ1n) is 7.98. The summed E-state index contributed by atoms with van der Waals surface area (Å²) in [6, 6.07) is 5.25. The number of nitrogens with one attached hydrogen (secondary N) is 1. The normalized spacial score (nSPS) is 15.2.